The van der Waals surface area contributed by atoms with Crippen molar-refractivity contribution in [2.75, 3.05) is 35.5 Å². The van der Waals surface area contributed by atoms with Gasteiger partial charge < -0.3 is 23.7 Å². The predicted octanol–water partition coefficient (Wildman–Crippen LogP) is 4.93. The number of hydrogen-bond donors (Lipinski definition) is 0. The van der Waals surface area contributed by atoms with Crippen molar-refractivity contribution in [3.8, 4) is 28.7 Å². The van der Waals surface area contributed by atoms with Crippen LogP contribution in [0.15, 0.2) is 30.3 Å². The Labute approximate surface area is 156 Å². The van der Waals surface area contributed by atoms with Gasteiger partial charge in [-0.25, -0.2) is 0 Å². The van der Waals surface area contributed by atoms with E-state index in [1.165, 1.54) is 0 Å². The van der Waals surface area contributed by atoms with Crippen LogP contribution in [-0.4, -0.2) is 35.5 Å². The number of ether oxygens (including phenoxy) is 5. The highest BCUT2D eigenvalue weighted by Crippen LogP contribution is 2.38. The van der Waals surface area contributed by atoms with Gasteiger partial charge >= 0.3 is 0 Å². The summed E-state index contributed by atoms with van der Waals surface area (Å²) in [6.07, 6.45) is 3.94. The average molecular weight is 360 g/mol. The van der Waals surface area contributed by atoms with Crippen molar-refractivity contribution in [1.29, 1.82) is 0 Å². The molecule has 0 spiro atoms. The van der Waals surface area contributed by atoms with Gasteiger partial charge in [0.2, 0.25) is 5.75 Å². The summed E-state index contributed by atoms with van der Waals surface area (Å²) in [5, 5.41) is 0. The van der Waals surface area contributed by atoms with E-state index in [1.807, 2.05) is 56.3 Å². The molecule has 0 atom stereocenters. The standard InChI is InChI=1S/C19H22O5.C2H6/c1-20-15-9-8-13(10-16(15)21-2)6-7-14-11-17(22-3)19(24-5)18(12-14)23-4;1-2/h6-12H,1-5H3;1-2H3/b7-6-;. The topological polar surface area (TPSA) is 46.2 Å². The van der Waals surface area contributed by atoms with E-state index in [0.717, 1.165) is 11.1 Å². The van der Waals surface area contributed by atoms with E-state index in [2.05, 4.69) is 0 Å². The molecule has 0 fully saturated rings. The SMILES string of the molecule is CC.COc1ccc(/C=C\c2cc(OC)c(OC)c(OC)c2)cc1OC. The smallest absolute Gasteiger partial charge is 0.203 e. The highest BCUT2D eigenvalue weighted by molar-refractivity contribution is 5.73. The molecule has 0 saturated heterocycles. The molecule has 0 amide bonds. The molecular formula is C21H28O5. The zero-order chi connectivity index (χ0) is 19.5. The molecule has 26 heavy (non-hydrogen) atoms. The highest BCUT2D eigenvalue weighted by atomic mass is 16.5. The third kappa shape index (κ3) is 5.09. The van der Waals surface area contributed by atoms with Crippen LogP contribution in [-0.2, 0) is 0 Å². The summed E-state index contributed by atoms with van der Waals surface area (Å²) in [6.45, 7) is 4.00. The number of benzene rings is 2. The van der Waals surface area contributed by atoms with Crippen molar-refractivity contribution in [3.05, 3.63) is 41.5 Å². The first kappa shape index (κ1) is 21.2. The maximum atomic E-state index is 5.36. The van der Waals surface area contributed by atoms with Crippen molar-refractivity contribution in [2.24, 2.45) is 0 Å². The van der Waals surface area contributed by atoms with E-state index < -0.39 is 0 Å². The monoisotopic (exact) mass is 360 g/mol. The van der Waals surface area contributed by atoms with Gasteiger partial charge in [-0.3, -0.25) is 0 Å². The van der Waals surface area contributed by atoms with Gasteiger partial charge in [-0.1, -0.05) is 32.1 Å². The van der Waals surface area contributed by atoms with E-state index in [-0.39, 0.29) is 0 Å². The van der Waals surface area contributed by atoms with Gasteiger partial charge in [0.25, 0.3) is 0 Å². The normalized spacial score (nSPS) is 9.96. The molecule has 0 saturated carbocycles. The summed E-state index contributed by atoms with van der Waals surface area (Å²) in [7, 11) is 8.01. The fourth-order valence-electron chi connectivity index (χ4n) is 2.35. The van der Waals surface area contributed by atoms with Crippen LogP contribution in [0.4, 0.5) is 0 Å². The Balaban J connectivity index is 0.00000163. The zero-order valence-corrected chi connectivity index (χ0v) is 16.6. The van der Waals surface area contributed by atoms with Crippen LogP contribution in [0.1, 0.15) is 25.0 Å². The van der Waals surface area contributed by atoms with Crippen LogP contribution in [0.25, 0.3) is 12.2 Å². The molecule has 0 bridgehead atoms. The first-order valence-corrected chi connectivity index (χ1v) is 8.37. The van der Waals surface area contributed by atoms with E-state index >= 15 is 0 Å². The van der Waals surface area contributed by atoms with Crippen LogP contribution in [0, 0.1) is 0 Å². The van der Waals surface area contributed by atoms with Crippen LogP contribution in [0.5, 0.6) is 28.7 Å². The number of rotatable bonds is 7. The molecule has 2 aromatic carbocycles. The Bertz CT molecular complexity index is 697. The third-order valence-electron chi connectivity index (χ3n) is 3.56. The molecule has 0 heterocycles. The Hall–Kier alpha value is -2.82. The first-order valence-electron chi connectivity index (χ1n) is 8.37. The molecule has 2 rings (SSSR count). The molecule has 0 unspecified atom stereocenters. The maximum Gasteiger partial charge on any atom is 0.203 e. The Morgan fingerprint density at radius 3 is 1.46 bits per heavy atom. The van der Waals surface area contributed by atoms with Gasteiger partial charge in [0.15, 0.2) is 23.0 Å². The quantitative estimate of drug-likeness (QED) is 0.656. The van der Waals surface area contributed by atoms with E-state index in [4.69, 9.17) is 23.7 Å². The van der Waals surface area contributed by atoms with Gasteiger partial charge in [0.05, 0.1) is 35.5 Å². The summed E-state index contributed by atoms with van der Waals surface area (Å²) < 4.78 is 26.6. The maximum absolute atomic E-state index is 5.36. The van der Waals surface area contributed by atoms with Crippen LogP contribution >= 0.6 is 0 Å². The first-order chi connectivity index (χ1) is 12.7. The minimum absolute atomic E-state index is 0.572. The highest BCUT2D eigenvalue weighted by Gasteiger charge is 2.12. The summed E-state index contributed by atoms with van der Waals surface area (Å²) in [5.74, 6) is 3.18. The Kier molecular flexibility index (Phi) is 8.92. The van der Waals surface area contributed by atoms with E-state index in [9.17, 15) is 0 Å². The zero-order valence-electron chi connectivity index (χ0n) is 16.6. The second kappa shape index (κ2) is 10.9. The van der Waals surface area contributed by atoms with Gasteiger partial charge in [0.1, 0.15) is 0 Å². The molecule has 0 aliphatic rings. The molecule has 0 aliphatic heterocycles. The molecule has 0 aromatic heterocycles. The molecule has 0 N–H and O–H groups in total. The average Bonchev–Trinajstić information content (AvgIpc) is 2.72. The fourth-order valence-corrected chi connectivity index (χ4v) is 2.35. The predicted molar refractivity (Wildman–Crippen MR) is 106 cm³/mol. The van der Waals surface area contributed by atoms with Gasteiger partial charge in [-0.2, -0.15) is 0 Å². The van der Waals surface area contributed by atoms with Crippen LogP contribution in [0.2, 0.25) is 0 Å². The molecule has 2 aromatic rings. The van der Waals surface area contributed by atoms with E-state index in [0.29, 0.717) is 28.7 Å². The second-order valence-corrected chi connectivity index (χ2v) is 4.91. The number of hydrogen-bond acceptors (Lipinski definition) is 5. The summed E-state index contributed by atoms with van der Waals surface area (Å²) in [4.78, 5) is 0. The lowest BCUT2D eigenvalue weighted by Crippen LogP contribution is -1.95. The van der Waals surface area contributed by atoms with Crippen LogP contribution in [0.3, 0.4) is 0 Å². The second-order valence-electron chi connectivity index (χ2n) is 4.91. The third-order valence-corrected chi connectivity index (χ3v) is 3.56. The molecule has 5 heteroatoms. The lowest BCUT2D eigenvalue weighted by Gasteiger charge is -2.13. The minimum atomic E-state index is 0.572. The molecular weight excluding hydrogens is 332 g/mol. The van der Waals surface area contributed by atoms with Crippen molar-refractivity contribution < 1.29 is 23.7 Å². The Morgan fingerprint density at radius 1 is 0.538 bits per heavy atom. The van der Waals surface area contributed by atoms with Gasteiger partial charge in [0, 0.05) is 0 Å². The summed E-state index contributed by atoms with van der Waals surface area (Å²) >= 11 is 0. The summed E-state index contributed by atoms with van der Waals surface area (Å²) in [5.41, 5.74) is 1.92. The fraction of sp³-hybridized carbons (Fsp3) is 0.333. The lowest BCUT2D eigenvalue weighted by atomic mass is 10.1. The molecule has 142 valence electrons. The largest absolute Gasteiger partial charge is 0.493 e. The van der Waals surface area contributed by atoms with E-state index in [1.54, 1.807) is 35.5 Å². The number of methoxy groups -OCH3 is 5. The molecule has 0 radical (unpaired) electrons. The Morgan fingerprint density at radius 2 is 1.00 bits per heavy atom. The van der Waals surface area contributed by atoms with Crippen LogP contribution < -0.4 is 23.7 Å². The molecule has 5 nitrogen and oxygen atoms in total. The van der Waals surface area contributed by atoms with Crippen molar-refractivity contribution in [3.63, 3.8) is 0 Å². The van der Waals surface area contributed by atoms with Crippen molar-refractivity contribution >= 4 is 12.2 Å². The minimum Gasteiger partial charge on any atom is -0.493 e. The lowest BCUT2D eigenvalue weighted by molar-refractivity contribution is 0.324. The molecule has 0 aliphatic carbocycles. The van der Waals surface area contributed by atoms with Gasteiger partial charge in [-0.15, -0.1) is 0 Å². The summed E-state index contributed by atoms with van der Waals surface area (Å²) in [6, 6.07) is 9.51. The van der Waals surface area contributed by atoms with Crippen molar-refractivity contribution in [1.82, 2.24) is 0 Å². The van der Waals surface area contributed by atoms with Gasteiger partial charge in [-0.05, 0) is 35.4 Å². The van der Waals surface area contributed by atoms with Crippen molar-refractivity contribution in [2.45, 2.75) is 13.8 Å².